The largest absolute Gasteiger partial charge is 0.352 e. The number of fused-ring (bicyclic) bond motifs is 1. The van der Waals surface area contributed by atoms with Crippen LogP contribution in [-0.2, 0) is 11.3 Å². The molecule has 6 nitrogen and oxygen atoms in total. The summed E-state index contributed by atoms with van der Waals surface area (Å²) < 4.78 is 0. The Bertz CT molecular complexity index is 1050. The molecule has 3 aromatic rings. The Balaban J connectivity index is 1.64. The smallest absolute Gasteiger partial charge is 0.251 e. The summed E-state index contributed by atoms with van der Waals surface area (Å²) in [5.41, 5.74) is 4.11. The molecule has 1 aliphatic heterocycles. The zero-order valence-electron chi connectivity index (χ0n) is 16.2. The first-order chi connectivity index (χ1) is 14.1. The molecule has 0 saturated carbocycles. The van der Waals surface area contributed by atoms with E-state index in [1.807, 2.05) is 66.4 Å². The summed E-state index contributed by atoms with van der Waals surface area (Å²) >= 11 is 0. The second kappa shape index (κ2) is 8.14. The van der Waals surface area contributed by atoms with E-state index in [9.17, 15) is 9.59 Å². The van der Waals surface area contributed by atoms with Crippen molar-refractivity contribution < 1.29 is 9.59 Å². The van der Waals surface area contributed by atoms with Gasteiger partial charge in [-0.3, -0.25) is 9.59 Å². The minimum absolute atomic E-state index is 0.0662. The Labute approximate surface area is 169 Å². The lowest BCUT2D eigenvalue weighted by Gasteiger charge is -2.30. The Kier molecular flexibility index (Phi) is 5.24. The third-order valence-electron chi connectivity index (χ3n) is 4.79. The minimum atomic E-state index is -0.109. The van der Waals surface area contributed by atoms with Gasteiger partial charge >= 0.3 is 0 Å². The number of amides is 2. The molecule has 6 heteroatoms. The maximum absolute atomic E-state index is 12.3. The third kappa shape index (κ3) is 4.11. The highest BCUT2D eigenvalue weighted by Crippen LogP contribution is 2.32. The second-order valence-corrected chi connectivity index (χ2v) is 6.93. The van der Waals surface area contributed by atoms with Gasteiger partial charge in [0.2, 0.25) is 5.91 Å². The first-order valence-electron chi connectivity index (χ1n) is 9.61. The molecule has 2 N–H and O–H groups in total. The monoisotopic (exact) mass is 386 g/mol. The van der Waals surface area contributed by atoms with E-state index in [4.69, 9.17) is 0 Å². The molecule has 0 fully saturated rings. The highest BCUT2D eigenvalue weighted by atomic mass is 16.2. The van der Waals surface area contributed by atoms with Gasteiger partial charge in [0.05, 0.1) is 12.2 Å². The van der Waals surface area contributed by atoms with Crippen LogP contribution in [0.2, 0.25) is 0 Å². The molecule has 0 atom stereocenters. The Morgan fingerprint density at radius 1 is 1.10 bits per heavy atom. The van der Waals surface area contributed by atoms with E-state index in [-0.39, 0.29) is 18.4 Å². The van der Waals surface area contributed by atoms with Crippen LogP contribution in [0.15, 0.2) is 66.9 Å². The van der Waals surface area contributed by atoms with Gasteiger partial charge in [-0.2, -0.15) is 0 Å². The molecule has 0 bridgehead atoms. The summed E-state index contributed by atoms with van der Waals surface area (Å²) in [4.78, 5) is 31.0. The molecule has 146 valence electrons. The molecule has 2 heterocycles. The lowest BCUT2D eigenvalue weighted by atomic mass is 10.0. The van der Waals surface area contributed by atoms with Gasteiger partial charge < -0.3 is 15.5 Å². The van der Waals surface area contributed by atoms with Gasteiger partial charge in [0.25, 0.3) is 5.91 Å². The van der Waals surface area contributed by atoms with E-state index in [1.165, 1.54) is 0 Å². The summed E-state index contributed by atoms with van der Waals surface area (Å²) in [6, 6.07) is 19.3. The molecular formula is C23H22N4O2. The average Bonchev–Trinajstić information content (AvgIpc) is 2.74. The van der Waals surface area contributed by atoms with Crippen LogP contribution < -0.4 is 15.5 Å². The van der Waals surface area contributed by atoms with Gasteiger partial charge in [0.15, 0.2) is 5.82 Å². The van der Waals surface area contributed by atoms with Crippen molar-refractivity contribution in [2.24, 2.45) is 0 Å². The van der Waals surface area contributed by atoms with E-state index in [1.54, 1.807) is 12.3 Å². The molecule has 0 unspecified atom stereocenters. The van der Waals surface area contributed by atoms with E-state index in [2.05, 4.69) is 15.6 Å². The standard InChI is InChI=1S/C23H22N4O2/c1-2-24-23(29)18-10-6-9-17(11-18)19-12-20-22(25-13-19)27(15-21(28)26-20)14-16-7-4-3-5-8-16/h3-13H,2,14-15H2,1H3,(H,24,29)(H,26,28). The Hall–Kier alpha value is -3.67. The first-order valence-corrected chi connectivity index (χ1v) is 9.61. The number of rotatable bonds is 5. The number of hydrogen-bond acceptors (Lipinski definition) is 4. The van der Waals surface area contributed by atoms with Gasteiger partial charge in [-0.1, -0.05) is 42.5 Å². The quantitative estimate of drug-likeness (QED) is 0.704. The SMILES string of the molecule is CCNC(=O)c1cccc(-c2cnc3c(c2)NC(=O)CN3Cc2ccccc2)c1. The maximum atomic E-state index is 12.3. The van der Waals surface area contributed by atoms with Crippen LogP contribution in [0.1, 0.15) is 22.8 Å². The molecule has 0 spiro atoms. The molecule has 2 amide bonds. The van der Waals surface area contributed by atoms with Crippen molar-refractivity contribution in [3.8, 4) is 11.1 Å². The van der Waals surface area contributed by atoms with Crippen LogP contribution in [-0.4, -0.2) is 29.9 Å². The number of hydrogen-bond donors (Lipinski definition) is 2. The number of pyridine rings is 1. The van der Waals surface area contributed by atoms with Crippen LogP contribution >= 0.6 is 0 Å². The maximum Gasteiger partial charge on any atom is 0.251 e. The fourth-order valence-corrected chi connectivity index (χ4v) is 3.43. The van der Waals surface area contributed by atoms with Gasteiger partial charge in [0.1, 0.15) is 0 Å². The van der Waals surface area contributed by atoms with E-state index in [0.29, 0.717) is 24.3 Å². The number of nitrogens with one attached hydrogen (secondary N) is 2. The lowest BCUT2D eigenvalue weighted by Crippen LogP contribution is -2.38. The van der Waals surface area contributed by atoms with E-state index >= 15 is 0 Å². The molecule has 0 saturated heterocycles. The molecule has 29 heavy (non-hydrogen) atoms. The van der Waals surface area contributed by atoms with Gasteiger partial charge in [0, 0.05) is 30.4 Å². The lowest BCUT2D eigenvalue weighted by molar-refractivity contribution is -0.115. The third-order valence-corrected chi connectivity index (χ3v) is 4.79. The van der Waals surface area contributed by atoms with Crippen molar-refractivity contribution in [2.75, 3.05) is 23.3 Å². The van der Waals surface area contributed by atoms with Gasteiger partial charge in [-0.05, 0) is 36.2 Å². The number of carbonyl (C=O) groups excluding carboxylic acids is 2. The summed E-state index contributed by atoms with van der Waals surface area (Å²) in [5, 5.41) is 5.73. The van der Waals surface area contributed by atoms with Crippen molar-refractivity contribution in [1.82, 2.24) is 10.3 Å². The Morgan fingerprint density at radius 2 is 1.93 bits per heavy atom. The van der Waals surface area contributed by atoms with Crippen LogP contribution in [0.4, 0.5) is 11.5 Å². The zero-order valence-corrected chi connectivity index (χ0v) is 16.2. The van der Waals surface area contributed by atoms with Crippen molar-refractivity contribution in [1.29, 1.82) is 0 Å². The van der Waals surface area contributed by atoms with Crippen LogP contribution in [0.25, 0.3) is 11.1 Å². The Morgan fingerprint density at radius 3 is 2.72 bits per heavy atom. The highest BCUT2D eigenvalue weighted by molar-refractivity contribution is 6.01. The number of nitrogens with zero attached hydrogens (tertiary/aromatic N) is 2. The fraction of sp³-hybridized carbons (Fsp3) is 0.174. The van der Waals surface area contributed by atoms with Crippen LogP contribution in [0, 0.1) is 0 Å². The zero-order chi connectivity index (χ0) is 20.2. The molecule has 4 rings (SSSR count). The molecular weight excluding hydrogens is 364 g/mol. The molecule has 1 aromatic heterocycles. The second-order valence-electron chi connectivity index (χ2n) is 6.93. The van der Waals surface area contributed by atoms with E-state index < -0.39 is 0 Å². The van der Waals surface area contributed by atoms with Gasteiger partial charge in [-0.25, -0.2) is 4.98 Å². The van der Waals surface area contributed by atoms with Crippen LogP contribution in [0.5, 0.6) is 0 Å². The fourth-order valence-electron chi connectivity index (χ4n) is 3.43. The molecule has 0 aliphatic carbocycles. The van der Waals surface area contributed by atoms with E-state index in [0.717, 1.165) is 22.5 Å². The number of aromatic nitrogens is 1. The average molecular weight is 386 g/mol. The van der Waals surface area contributed by atoms with Crippen molar-refractivity contribution in [2.45, 2.75) is 13.5 Å². The summed E-state index contributed by atoms with van der Waals surface area (Å²) in [5.74, 6) is 0.572. The molecule has 2 aromatic carbocycles. The van der Waals surface area contributed by atoms with Crippen molar-refractivity contribution >= 4 is 23.3 Å². The van der Waals surface area contributed by atoms with Crippen molar-refractivity contribution in [3.05, 3.63) is 78.0 Å². The topological polar surface area (TPSA) is 74.3 Å². The number of anilines is 2. The van der Waals surface area contributed by atoms with Gasteiger partial charge in [-0.15, -0.1) is 0 Å². The van der Waals surface area contributed by atoms with Crippen LogP contribution in [0.3, 0.4) is 0 Å². The number of benzene rings is 2. The predicted molar refractivity (Wildman–Crippen MR) is 114 cm³/mol. The summed E-state index contributed by atoms with van der Waals surface area (Å²) in [6.45, 7) is 3.34. The predicted octanol–water partition coefficient (Wildman–Crippen LogP) is 3.46. The first kappa shape index (κ1) is 18.7. The molecule has 1 aliphatic rings. The number of carbonyl (C=O) groups is 2. The molecule has 0 radical (unpaired) electrons. The van der Waals surface area contributed by atoms with Crippen molar-refractivity contribution in [3.63, 3.8) is 0 Å². The summed E-state index contributed by atoms with van der Waals surface area (Å²) in [6.07, 6.45) is 1.78. The summed E-state index contributed by atoms with van der Waals surface area (Å²) in [7, 11) is 0. The highest BCUT2D eigenvalue weighted by Gasteiger charge is 2.24. The normalized spacial score (nSPS) is 12.9. The minimum Gasteiger partial charge on any atom is -0.352 e.